The molecule has 0 spiro atoms. The first-order valence-electron chi connectivity index (χ1n) is 8.74. The summed E-state index contributed by atoms with van der Waals surface area (Å²) in [6, 6.07) is 27.0. The van der Waals surface area contributed by atoms with E-state index in [1.807, 2.05) is 55.5 Å². The van der Waals surface area contributed by atoms with Crippen LogP contribution < -0.4 is 10.1 Å². The van der Waals surface area contributed by atoms with Gasteiger partial charge < -0.3 is 10.1 Å². The molecule has 27 heavy (non-hydrogen) atoms. The van der Waals surface area contributed by atoms with Crippen molar-refractivity contribution < 1.29 is 9.53 Å². The van der Waals surface area contributed by atoms with E-state index in [0.717, 1.165) is 16.7 Å². The van der Waals surface area contributed by atoms with Gasteiger partial charge in [0.05, 0.1) is 11.6 Å². The van der Waals surface area contributed by atoms with Crippen LogP contribution in [0.4, 0.5) is 0 Å². The number of benzene rings is 3. The summed E-state index contributed by atoms with van der Waals surface area (Å²) in [5, 5.41) is 12.0. The molecule has 4 nitrogen and oxygen atoms in total. The van der Waals surface area contributed by atoms with E-state index in [0.29, 0.717) is 11.3 Å². The highest BCUT2D eigenvalue weighted by Crippen LogP contribution is 2.22. The summed E-state index contributed by atoms with van der Waals surface area (Å²) in [5.74, 6) is 0.178. The molecule has 134 valence electrons. The van der Waals surface area contributed by atoms with E-state index in [4.69, 9.17) is 10.00 Å². The van der Waals surface area contributed by atoms with Gasteiger partial charge in [-0.25, -0.2) is 0 Å². The molecule has 3 aromatic carbocycles. The molecule has 1 unspecified atom stereocenters. The number of ether oxygens (including phenoxy) is 1. The van der Waals surface area contributed by atoms with Crippen LogP contribution in [-0.4, -0.2) is 12.5 Å². The number of nitrogens with zero attached hydrogens (tertiary/aromatic N) is 1. The van der Waals surface area contributed by atoms with Crippen LogP contribution >= 0.6 is 0 Å². The Morgan fingerprint density at radius 1 is 0.963 bits per heavy atom. The van der Waals surface area contributed by atoms with Crippen molar-refractivity contribution in [1.82, 2.24) is 5.32 Å². The predicted octanol–water partition coefficient (Wildman–Crippen LogP) is 4.48. The summed E-state index contributed by atoms with van der Waals surface area (Å²) in [7, 11) is 0. The Labute approximate surface area is 159 Å². The summed E-state index contributed by atoms with van der Waals surface area (Å²) in [5.41, 5.74) is 3.72. The molecule has 0 aliphatic carbocycles. The Morgan fingerprint density at radius 3 is 2.30 bits per heavy atom. The maximum atomic E-state index is 12.2. The Hall–Kier alpha value is -3.58. The average molecular weight is 356 g/mol. The molecule has 0 aromatic heterocycles. The molecular formula is C23H20N2O2. The topological polar surface area (TPSA) is 62.1 Å². The zero-order valence-corrected chi connectivity index (χ0v) is 15.1. The zero-order valence-electron chi connectivity index (χ0n) is 15.1. The van der Waals surface area contributed by atoms with E-state index >= 15 is 0 Å². The van der Waals surface area contributed by atoms with Crippen LogP contribution in [0.2, 0.25) is 0 Å². The predicted molar refractivity (Wildman–Crippen MR) is 105 cm³/mol. The molecule has 0 saturated heterocycles. The molecule has 0 aliphatic heterocycles. The third-order valence-electron chi connectivity index (χ3n) is 4.26. The lowest BCUT2D eigenvalue weighted by Crippen LogP contribution is -2.31. The first-order valence-corrected chi connectivity index (χ1v) is 8.74. The molecule has 4 heteroatoms. The summed E-state index contributed by atoms with van der Waals surface area (Å²) < 4.78 is 5.47. The van der Waals surface area contributed by atoms with Crippen LogP contribution in [0, 0.1) is 11.3 Å². The Morgan fingerprint density at radius 2 is 1.59 bits per heavy atom. The fraction of sp³-hybridized carbons (Fsp3) is 0.130. The number of hydrogen-bond donors (Lipinski definition) is 1. The van der Waals surface area contributed by atoms with Gasteiger partial charge in [0.2, 0.25) is 0 Å². The van der Waals surface area contributed by atoms with Gasteiger partial charge in [0.1, 0.15) is 11.8 Å². The van der Waals surface area contributed by atoms with Crippen molar-refractivity contribution in [2.75, 3.05) is 6.61 Å². The van der Waals surface area contributed by atoms with E-state index in [1.54, 1.807) is 24.3 Å². The van der Waals surface area contributed by atoms with E-state index < -0.39 is 0 Å². The lowest BCUT2D eigenvalue weighted by Gasteiger charge is -2.15. The molecule has 0 heterocycles. The minimum absolute atomic E-state index is 0.134. The number of nitrogens with one attached hydrogen (secondary N) is 1. The van der Waals surface area contributed by atoms with E-state index in [1.165, 1.54) is 0 Å². The van der Waals surface area contributed by atoms with Crippen molar-refractivity contribution in [2.24, 2.45) is 0 Å². The summed E-state index contributed by atoms with van der Waals surface area (Å²) in [4.78, 5) is 12.2. The molecule has 0 fully saturated rings. The number of nitriles is 1. The van der Waals surface area contributed by atoms with Gasteiger partial charge in [-0.05, 0) is 35.7 Å². The molecule has 0 radical (unpaired) electrons. The summed E-state index contributed by atoms with van der Waals surface area (Å²) >= 11 is 0. The van der Waals surface area contributed by atoms with Gasteiger partial charge in [-0.2, -0.15) is 5.26 Å². The highest BCUT2D eigenvalue weighted by molar-refractivity contribution is 5.78. The van der Waals surface area contributed by atoms with Crippen molar-refractivity contribution in [2.45, 2.75) is 13.0 Å². The third kappa shape index (κ3) is 4.74. The van der Waals surface area contributed by atoms with Gasteiger partial charge in [-0.3, -0.25) is 4.79 Å². The summed E-state index contributed by atoms with van der Waals surface area (Å²) in [6.07, 6.45) is 0. The second-order valence-corrected chi connectivity index (χ2v) is 6.17. The van der Waals surface area contributed by atoms with Crippen molar-refractivity contribution in [3.05, 3.63) is 90.0 Å². The van der Waals surface area contributed by atoms with E-state index in [-0.39, 0.29) is 18.6 Å². The van der Waals surface area contributed by atoms with Crippen LogP contribution in [0.5, 0.6) is 5.75 Å². The van der Waals surface area contributed by atoms with E-state index in [2.05, 4.69) is 17.4 Å². The van der Waals surface area contributed by atoms with Gasteiger partial charge in [0, 0.05) is 0 Å². The molecule has 0 aliphatic rings. The maximum Gasteiger partial charge on any atom is 0.258 e. The number of para-hydroxylation sites is 1. The highest BCUT2D eigenvalue weighted by atomic mass is 16.5. The fourth-order valence-electron chi connectivity index (χ4n) is 2.79. The number of rotatable bonds is 6. The normalized spacial score (nSPS) is 11.3. The monoisotopic (exact) mass is 356 g/mol. The van der Waals surface area contributed by atoms with Crippen molar-refractivity contribution in [1.29, 1.82) is 5.26 Å². The van der Waals surface area contributed by atoms with Crippen LogP contribution in [0.3, 0.4) is 0 Å². The average Bonchev–Trinajstić information content (AvgIpc) is 2.73. The van der Waals surface area contributed by atoms with E-state index in [9.17, 15) is 4.79 Å². The van der Waals surface area contributed by atoms with Crippen LogP contribution in [0.1, 0.15) is 24.1 Å². The molecule has 1 amide bonds. The summed E-state index contributed by atoms with van der Waals surface area (Å²) in [6.45, 7) is 1.80. The molecule has 3 aromatic rings. The lowest BCUT2D eigenvalue weighted by molar-refractivity contribution is -0.123. The molecule has 1 atom stereocenters. The second-order valence-electron chi connectivity index (χ2n) is 6.17. The van der Waals surface area contributed by atoms with Gasteiger partial charge in [-0.1, -0.05) is 66.7 Å². The minimum Gasteiger partial charge on any atom is -0.482 e. The standard InChI is InChI=1S/C23H20N2O2/c1-17(18-11-13-20(14-12-18)19-7-3-2-4-8-19)25-23(26)16-27-22-10-6-5-9-21(22)15-24/h2-14,17H,16H2,1H3,(H,25,26). The largest absolute Gasteiger partial charge is 0.482 e. The fourth-order valence-corrected chi connectivity index (χ4v) is 2.79. The zero-order chi connectivity index (χ0) is 19.1. The van der Waals surface area contributed by atoms with Gasteiger partial charge in [-0.15, -0.1) is 0 Å². The van der Waals surface area contributed by atoms with Gasteiger partial charge in [0.25, 0.3) is 5.91 Å². The highest BCUT2D eigenvalue weighted by Gasteiger charge is 2.11. The number of amides is 1. The molecule has 1 N–H and O–H groups in total. The first kappa shape index (κ1) is 18.2. The first-order chi connectivity index (χ1) is 13.2. The quantitative estimate of drug-likeness (QED) is 0.708. The second kappa shape index (κ2) is 8.68. The Kier molecular flexibility index (Phi) is 5.86. The molecule has 3 rings (SSSR count). The number of hydrogen-bond acceptors (Lipinski definition) is 3. The van der Waals surface area contributed by atoms with Crippen molar-refractivity contribution in [3.63, 3.8) is 0 Å². The van der Waals surface area contributed by atoms with Gasteiger partial charge >= 0.3 is 0 Å². The molecule has 0 saturated carbocycles. The Bertz CT molecular complexity index is 944. The molecular weight excluding hydrogens is 336 g/mol. The molecule has 0 bridgehead atoms. The number of carbonyl (C=O) groups excluding carboxylic acids is 1. The minimum atomic E-state index is -0.234. The Balaban J connectivity index is 1.57. The van der Waals surface area contributed by atoms with Crippen LogP contribution in [0.25, 0.3) is 11.1 Å². The third-order valence-corrected chi connectivity index (χ3v) is 4.26. The lowest BCUT2D eigenvalue weighted by atomic mass is 10.0. The maximum absolute atomic E-state index is 12.2. The van der Waals surface area contributed by atoms with Crippen LogP contribution in [0.15, 0.2) is 78.9 Å². The smallest absolute Gasteiger partial charge is 0.258 e. The van der Waals surface area contributed by atoms with Crippen molar-refractivity contribution >= 4 is 5.91 Å². The SMILES string of the molecule is CC(NC(=O)COc1ccccc1C#N)c1ccc(-c2ccccc2)cc1. The van der Waals surface area contributed by atoms with Gasteiger partial charge in [0.15, 0.2) is 6.61 Å². The van der Waals surface area contributed by atoms with Crippen LogP contribution in [-0.2, 0) is 4.79 Å². The number of carbonyl (C=O) groups is 1. The van der Waals surface area contributed by atoms with Crippen molar-refractivity contribution in [3.8, 4) is 22.9 Å².